The van der Waals surface area contributed by atoms with Gasteiger partial charge in [0.05, 0.1) is 5.69 Å². The molecule has 1 heterocycles. The van der Waals surface area contributed by atoms with Gasteiger partial charge in [-0.2, -0.15) is 5.10 Å². The maximum atomic E-state index is 13.0. The summed E-state index contributed by atoms with van der Waals surface area (Å²) < 4.78 is 1.62. The quantitative estimate of drug-likeness (QED) is 0.737. The van der Waals surface area contributed by atoms with Crippen molar-refractivity contribution in [2.45, 2.75) is 19.8 Å². The lowest BCUT2D eigenvalue weighted by Gasteiger charge is -2.16. The number of carbonyl (C=O) groups excluding carboxylic acids is 1. The van der Waals surface area contributed by atoms with Gasteiger partial charge in [-0.1, -0.05) is 50.2 Å². The minimum atomic E-state index is -0.190. The summed E-state index contributed by atoms with van der Waals surface area (Å²) in [7, 11) is 1.75. The molecule has 24 heavy (non-hydrogen) atoms. The maximum absolute atomic E-state index is 13.0. The number of hydrogen-bond acceptors (Lipinski definition) is 3. The first-order valence-electron chi connectivity index (χ1n) is 7.93. The molecule has 0 spiro atoms. The molecule has 0 saturated carbocycles. The van der Waals surface area contributed by atoms with Gasteiger partial charge < -0.3 is 4.90 Å². The Balaban J connectivity index is 2.05. The fraction of sp³-hybridized carbons (Fsp3) is 0.211. The third kappa shape index (κ3) is 3.06. The van der Waals surface area contributed by atoms with Gasteiger partial charge in [0.1, 0.15) is 0 Å². The van der Waals surface area contributed by atoms with Crippen LogP contribution in [0.2, 0.25) is 0 Å². The van der Waals surface area contributed by atoms with Crippen LogP contribution in [0.15, 0.2) is 60.7 Å². The SMILES string of the molecule is CC(C)c1nc(C(=O)N(C)c2ccccc2)n(-c2ccccc2)n1. The second-order valence-electron chi connectivity index (χ2n) is 5.90. The van der Waals surface area contributed by atoms with E-state index in [-0.39, 0.29) is 11.8 Å². The van der Waals surface area contributed by atoms with Crippen LogP contribution in [0.5, 0.6) is 0 Å². The third-order valence-corrected chi connectivity index (χ3v) is 3.78. The molecule has 0 radical (unpaired) electrons. The van der Waals surface area contributed by atoms with Gasteiger partial charge in [0.15, 0.2) is 5.82 Å². The zero-order chi connectivity index (χ0) is 17.1. The number of hydrogen-bond donors (Lipinski definition) is 0. The van der Waals surface area contributed by atoms with E-state index in [0.717, 1.165) is 11.4 Å². The monoisotopic (exact) mass is 320 g/mol. The largest absolute Gasteiger partial charge is 0.309 e. The van der Waals surface area contributed by atoms with E-state index in [0.29, 0.717) is 11.6 Å². The normalized spacial score (nSPS) is 10.8. The highest BCUT2D eigenvalue weighted by Gasteiger charge is 2.23. The van der Waals surface area contributed by atoms with Crippen molar-refractivity contribution in [2.24, 2.45) is 0 Å². The molecule has 0 aliphatic carbocycles. The highest BCUT2D eigenvalue weighted by Crippen LogP contribution is 2.19. The van der Waals surface area contributed by atoms with Crippen molar-refractivity contribution in [2.75, 3.05) is 11.9 Å². The van der Waals surface area contributed by atoms with Crippen molar-refractivity contribution in [1.82, 2.24) is 14.8 Å². The van der Waals surface area contributed by atoms with Crippen LogP contribution in [0.1, 0.15) is 36.2 Å². The minimum absolute atomic E-state index is 0.142. The van der Waals surface area contributed by atoms with Crippen LogP contribution < -0.4 is 4.90 Å². The number of aromatic nitrogens is 3. The van der Waals surface area contributed by atoms with E-state index in [9.17, 15) is 4.79 Å². The van der Waals surface area contributed by atoms with Crippen molar-refractivity contribution in [3.63, 3.8) is 0 Å². The number of para-hydroxylation sites is 2. The molecular formula is C19H20N4O. The van der Waals surface area contributed by atoms with Crippen molar-refractivity contribution in [1.29, 1.82) is 0 Å². The van der Waals surface area contributed by atoms with Crippen LogP contribution >= 0.6 is 0 Å². The molecule has 5 heteroatoms. The Hall–Kier alpha value is -2.95. The molecule has 122 valence electrons. The summed E-state index contributed by atoms with van der Waals surface area (Å²) in [5, 5.41) is 4.54. The van der Waals surface area contributed by atoms with E-state index in [1.165, 1.54) is 0 Å². The topological polar surface area (TPSA) is 51.0 Å². The van der Waals surface area contributed by atoms with E-state index >= 15 is 0 Å². The van der Waals surface area contributed by atoms with Crippen molar-refractivity contribution < 1.29 is 4.79 Å². The molecular weight excluding hydrogens is 300 g/mol. The molecule has 3 aromatic rings. The fourth-order valence-corrected chi connectivity index (χ4v) is 2.38. The highest BCUT2D eigenvalue weighted by atomic mass is 16.2. The highest BCUT2D eigenvalue weighted by molar-refractivity contribution is 6.03. The Morgan fingerprint density at radius 2 is 1.58 bits per heavy atom. The van der Waals surface area contributed by atoms with Crippen LogP contribution in [0.25, 0.3) is 5.69 Å². The summed E-state index contributed by atoms with van der Waals surface area (Å²) in [6, 6.07) is 19.1. The lowest BCUT2D eigenvalue weighted by Crippen LogP contribution is -2.29. The molecule has 0 aliphatic rings. The average molecular weight is 320 g/mol. The van der Waals surface area contributed by atoms with Crippen LogP contribution in [-0.2, 0) is 0 Å². The van der Waals surface area contributed by atoms with Crippen LogP contribution in [-0.4, -0.2) is 27.7 Å². The lowest BCUT2D eigenvalue weighted by atomic mass is 10.2. The smallest absolute Gasteiger partial charge is 0.295 e. The molecule has 2 aromatic carbocycles. The molecule has 0 unspecified atom stereocenters. The number of rotatable bonds is 4. The van der Waals surface area contributed by atoms with Crippen molar-refractivity contribution in [3.8, 4) is 5.69 Å². The van der Waals surface area contributed by atoms with Gasteiger partial charge in [-0.25, -0.2) is 9.67 Å². The summed E-state index contributed by atoms with van der Waals surface area (Å²) >= 11 is 0. The number of anilines is 1. The van der Waals surface area contributed by atoms with Gasteiger partial charge in [0.2, 0.25) is 5.82 Å². The third-order valence-electron chi connectivity index (χ3n) is 3.78. The van der Waals surface area contributed by atoms with Crippen LogP contribution in [0.4, 0.5) is 5.69 Å². The number of nitrogens with zero attached hydrogens (tertiary/aromatic N) is 4. The molecule has 0 N–H and O–H groups in total. The summed E-state index contributed by atoms with van der Waals surface area (Å²) in [5.74, 6) is 0.924. The average Bonchev–Trinajstić information content (AvgIpc) is 3.07. The summed E-state index contributed by atoms with van der Waals surface area (Å²) in [6.45, 7) is 4.03. The zero-order valence-electron chi connectivity index (χ0n) is 14.0. The molecule has 0 bridgehead atoms. The van der Waals surface area contributed by atoms with Gasteiger partial charge in [-0.3, -0.25) is 4.79 Å². The summed E-state index contributed by atoms with van der Waals surface area (Å²) in [6.07, 6.45) is 0. The molecule has 1 aromatic heterocycles. The summed E-state index contributed by atoms with van der Waals surface area (Å²) in [4.78, 5) is 19.1. The molecule has 1 amide bonds. The van der Waals surface area contributed by atoms with E-state index in [4.69, 9.17) is 0 Å². The number of carbonyl (C=O) groups is 1. The Kier molecular flexibility index (Phi) is 4.42. The van der Waals surface area contributed by atoms with E-state index in [1.807, 2.05) is 74.5 Å². The van der Waals surface area contributed by atoms with Crippen molar-refractivity contribution in [3.05, 3.63) is 72.3 Å². The molecule has 3 rings (SSSR count). The zero-order valence-corrected chi connectivity index (χ0v) is 14.0. The van der Waals surface area contributed by atoms with Gasteiger partial charge in [-0.05, 0) is 24.3 Å². The molecule has 0 atom stereocenters. The van der Waals surface area contributed by atoms with Gasteiger partial charge in [-0.15, -0.1) is 0 Å². The molecule has 5 nitrogen and oxygen atoms in total. The molecule has 0 saturated heterocycles. The standard InChI is InChI=1S/C19H20N4O/c1-14(2)17-20-18(23(21-17)16-12-8-5-9-13-16)19(24)22(3)15-10-6-4-7-11-15/h4-14H,1-3H3. The minimum Gasteiger partial charge on any atom is -0.309 e. The predicted octanol–water partition coefficient (Wildman–Crippen LogP) is 3.67. The van der Waals surface area contributed by atoms with Crippen LogP contribution in [0, 0.1) is 0 Å². The van der Waals surface area contributed by atoms with Gasteiger partial charge in [0, 0.05) is 18.7 Å². The van der Waals surface area contributed by atoms with Crippen molar-refractivity contribution >= 4 is 11.6 Å². The Labute approximate surface area is 141 Å². The Bertz CT molecular complexity index is 825. The fourth-order valence-electron chi connectivity index (χ4n) is 2.38. The lowest BCUT2D eigenvalue weighted by molar-refractivity contribution is 0.0980. The first kappa shape index (κ1) is 15.9. The Morgan fingerprint density at radius 1 is 1.00 bits per heavy atom. The number of amides is 1. The number of benzene rings is 2. The van der Waals surface area contributed by atoms with E-state index < -0.39 is 0 Å². The van der Waals surface area contributed by atoms with E-state index in [1.54, 1.807) is 16.6 Å². The van der Waals surface area contributed by atoms with E-state index in [2.05, 4.69) is 10.1 Å². The maximum Gasteiger partial charge on any atom is 0.295 e. The predicted molar refractivity (Wildman–Crippen MR) is 94.6 cm³/mol. The molecule has 0 aliphatic heterocycles. The second kappa shape index (κ2) is 6.66. The first-order chi connectivity index (χ1) is 11.6. The van der Waals surface area contributed by atoms with Crippen LogP contribution in [0.3, 0.4) is 0 Å². The van der Waals surface area contributed by atoms with Gasteiger partial charge >= 0.3 is 0 Å². The molecule has 0 fully saturated rings. The summed E-state index contributed by atoms with van der Waals surface area (Å²) in [5.41, 5.74) is 1.64. The van der Waals surface area contributed by atoms with Gasteiger partial charge in [0.25, 0.3) is 5.91 Å². The second-order valence-corrected chi connectivity index (χ2v) is 5.90. The first-order valence-corrected chi connectivity index (χ1v) is 7.93. The Morgan fingerprint density at radius 3 is 2.17 bits per heavy atom.